The largest absolute Gasteiger partial charge is 0.382 e. The van der Waals surface area contributed by atoms with E-state index in [-0.39, 0.29) is 19.0 Å². The summed E-state index contributed by atoms with van der Waals surface area (Å²) >= 11 is 5.06. The average molecular weight is 387 g/mol. The molecule has 0 aliphatic carbocycles. The highest BCUT2D eigenvalue weighted by Crippen LogP contribution is 2.53. The number of hydrogen-bond acceptors (Lipinski definition) is 9. The number of anilines is 1. The molecule has 2 aromatic rings. The van der Waals surface area contributed by atoms with Gasteiger partial charge in [-0.15, -0.1) is 0 Å². The fourth-order valence-electron chi connectivity index (χ4n) is 3.39. The first-order valence-electron chi connectivity index (χ1n) is 7.55. The first kappa shape index (κ1) is 17.2. The van der Waals surface area contributed by atoms with Crippen LogP contribution in [0.5, 0.6) is 0 Å². The van der Waals surface area contributed by atoms with E-state index in [2.05, 4.69) is 15.0 Å². The third-order valence-corrected chi connectivity index (χ3v) is 5.21. The molecule has 25 heavy (non-hydrogen) atoms. The van der Waals surface area contributed by atoms with E-state index >= 15 is 0 Å². The van der Waals surface area contributed by atoms with Crippen molar-refractivity contribution in [3.05, 3.63) is 12.7 Å². The highest BCUT2D eigenvalue weighted by Gasteiger charge is 2.64. The van der Waals surface area contributed by atoms with Crippen LogP contribution in [0.2, 0.25) is 0 Å². The van der Waals surface area contributed by atoms with Gasteiger partial charge in [0.2, 0.25) is 0 Å². The van der Waals surface area contributed by atoms with Crippen LogP contribution in [0.25, 0.3) is 11.2 Å². The Morgan fingerprint density at radius 2 is 2.32 bits per heavy atom. The molecule has 5 atom stereocenters. The number of nitrogens with zero attached hydrogens (tertiary/aromatic N) is 4. The first-order valence-corrected chi connectivity index (χ1v) is 10.7. The second-order valence-corrected chi connectivity index (χ2v) is 10.0. The van der Waals surface area contributed by atoms with Gasteiger partial charge < -0.3 is 29.4 Å². The molecule has 3 N–H and O–H groups in total. The third-order valence-electron chi connectivity index (χ3n) is 4.33. The van der Waals surface area contributed by atoms with Crippen molar-refractivity contribution in [2.24, 2.45) is 0 Å². The Kier molecular flexibility index (Phi) is 4.08. The van der Waals surface area contributed by atoms with Crippen molar-refractivity contribution >= 4 is 35.3 Å². The van der Waals surface area contributed by atoms with E-state index in [1.165, 1.54) is 13.0 Å². The Morgan fingerprint density at radius 1 is 1.52 bits per heavy atom. The summed E-state index contributed by atoms with van der Waals surface area (Å²) in [6.07, 6.45) is 1.33. The maximum atomic E-state index is 10.0. The van der Waals surface area contributed by atoms with Crippen molar-refractivity contribution in [1.82, 2.24) is 19.5 Å². The van der Waals surface area contributed by atoms with E-state index in [1.807, 2.05) is 0 Å². The van der Waals surface area contributed by atoms with Gasteiger partial charge in [0.15, 0.2) is 24.2 Å². The van der Waals surface area contributed by atoms with Crippen LogP contribution in [0, 0.1) is 0 Å². The Balaban J connectivity index is 1.74. The fourth-order valence-corrected chi connectivity index (χ4v) is 4.40. The summed E-state index contributed by atoms with van der Waals surface area (Å²) in [7, 11) is 1.57. The highest BCUT2D eigenvalue weighted by atomic mass is 32.5. The minimum Gasteiger partial charge on any atom is -0.382 e. The molecule has 2 unspecified atom stereocenters. The SMILES string of the molecule is COC[C@]12CO[C@@H](C1OP(C)(O)=S)[C@H](n1cnc3c(N)ncnc31)O2. The molecule has 4 rings (SSSR count). The summed E-state index contributed by atoms with van der Waals surface area (Å²) < 4.78 is 24.9. The van der Waals surface area contributed by atoms with Crippen molar-refractivity contribution in [3.8, 4) is 0 Å². The van der Waals surface area contributed by atoms with Gasteiger partial charge >= 0.3 is 0 Å². The molecule has 2 fully saturated rings. The fraction of sp³-hybridized carbons (Fsp3) is 0.615. The number of ether oxygens (including phenoxy) is 3. The molecular weight excluding hydrogens is 369 g/mol. The lowest BCUT2D eigenvalue weighted by Gasteiger charge is -2.31. The Labute approximate surface area is 148 Å². The second kappa shape index (κ2) is 5.92. The summed E-state index contributed by atoms with van der Waals surface area (Å²) in [6.45, 7) is -0.908. The van der Waals surface area contributed by atoms with E-state index in [4.69, 9.17) is 36.3 Å². The third kappa shape index (κ3) is 2.76. The zero-order valence-electron chi connectivity index (χ0n) is 13.6. The van der Waals surface area contributed by atoms with Crippen LogP contribution in [0.3, 0.4) is 0 Å². The number of nitrogen functional groups attached to an aromatic ring is 1. The molecule has 2 aliphatic rings. The zero-order chi connectivity index (χ0) is 17.8. The quantitative estimate of drug-likeness (QED) is 0.679. The Morgan fingerprint density at radius 3 is 3.04 bits per heavy atom. The maximum Gasteiger partial charge on any atom is 0.183 e. The van der Waals surface area contributed by atoms with Gasteiger partial charge in [-0.2, -0.15) is 0 Å². The number of methoxy groups -OCH3 is 1. The molecule has 0 radical (unpaired) electrons. The molecule has 0 saturated carbocycles. The normalized spacial score (nSPS) is 33.8. The number of imidazole rings is 1. The summed E-state index contributed by atoms with van der Waals surface area (Å²) in [5.74, 6) is 0.284. The van der Waals surface area contributed by atoms with Gasteiger partial charge in [0.25, 0.3) is 0 Å². The average Bonchev–Trinajstić information content (AvgIpc) is 3.17. The molecule has 2 bridgehead atoms. The van der Waals surface area contributed by atoms with Crippen LogP contribution in [0.1, 0.15) is 6.23 Å². The van der Waals surface area contributed by atoms with E-state index in [0.29, 0.717) is 11.2 Å². The van der Waals surface area contributed by atoms with Crippen LogP contribution >= 0.6 is 6.49 Å². The Bertz CT molecular complexity index is 858. The van der Waals surface area contributed by atoms with Gasteiger partial charge in [-0.3, -0.25) is 4.57 Å². The smallest absolute Gasteiger partial charge is 0.183 e. The molecular formula is C13H18N5O5PS. The number of hydrogen-bond donors (Lipinski definition) is 2. The van der Waals surface area contributed by atoms with Crippen molar-refractivity contribution < 1.29 is 23.6 Å². The van der Waals surface area contributed by atoms with E-state index < -0.39 is 30.5 Å². The van der Waals surface area contributed by atoms with E-state index in [9.17, 15) is 4.89 Å². The summed E-state index contributed by atoms with van der Waals surface area (Å²) in [5, 5.41) is 0. The number of nitrogens with two attached hydrogens (primary N) is 1. The molecule has 12 heteroatoms. The molecule has 2 aromatic heterocycles. The van der Waals surface area contributed by atoms with Gasteiger partial charge in [-0.05, 0) is 11.8 Å². The van der Waals surface area contributed by atoms with Gasteiger partial charge in [0.05, 0.1) is 19.5 Å². The highest BCUT2D eigenvalue weighted by molar-refractivity contribution is 8.09. The van der Waals surface area contributed by atoms with Crippen molar-refractivity contribution in [1.29, 1.82) is 0 Å². The standard InChI is InChI=1S/C13H18N5O5PS/c1-20-3-13-4-21-8(9(13)23-24(2,19)25)12(22-13)18-6-17-7-10(14)15-5-16-11(7)18/h5-6,8-9,12H,3-4H2,1-2H3,(H,19,25)(H2,14,15,16)/t8-,9?,12+,13-,24?/m0/s1. The summed E-state index contributed by atoms with van der Waals surface area (Å²) in [6, 6.07) is 0. The van der Waals surface area contributed by atoms with Crippen LogP contribution in [0.15, 0.2) is 12.7 Å². The van der Waals surface area contributed by atoms with Crippen LogP contribution < -0.4 is 5.73 Å². The monoisotopic (exact) mass is 387 g/mol. The predicted octanol–water partition coefficient (Wildman–Crippen LogP) is 0.0381. The van der Waals surface area contributed by atoms with Gasteiger partial charge in [0.1, 0.15) is 29.7 Å². The molecule has 0 spiro atoms. The summed E-state index contributed by atoms with van der Waals surface area (Å²) in [4.78, 5) is 22.5. The molecule has 0 aromatic carbocycles. The molecule has 2 saturated heterocycles. The van der Waals surface area contributed by atoms with E-state index in [1.54, 1.807) is 18.0 Å². The molecule has 2 aliphatic heterocycles. The molecule has 136 valence electrons. The van der Waals surface area contributed by atoms with Crippen LogP contribution in [-0.2, 0) is 30.5 Å². The van der Waals surface area contributed by atoms with Gasteiger partial charge in [-0.25, -0.2) is 15.0 Å². The van der Waals surface area contributed by atoms with Gasteiger partial charge in [0, 0.05) is 13.8 Å². The minimum absolute atomic E-state index is 0.240. The predicted molar refractivity (Wildman–Crippen MR) is 91.5 cm³/mol. The minimum atomic E-state index is -2.93. The van der Waals surface area contributed by atoms with Gasteiger partial charge in [-0.1, -0.05) is 0 Å². The Hall–Kier alpha value is -1.20. The van der Waals surface area contributed by atoms with E-state index in [0.717, 1.165) is 0 Å². The van der Waals surface area contributed by atoms with Crippen LogP contribution in [-0.4, -0.2) is 69.2 Å². The maximum absolute atomic E-state index is 10.0. The second-order valence-electron chi connectivity index (χ2n) is 6.19. The lowest BCUT2D eigenvalue weighted by Crippen LogP contribution is -2.45. The molecule has 4 heterocycles. The topological polar surface area (TPSA) is 127 Å². The number of aromatic nitrogens is 4. The number of rotatable bonds is 5. The van der Waals surface area contributed by atoms with Crippen LogP contribution in [0.4, 0.5) is 5.82 Å². The molecule has 10 nitrogen and oxygen atoms in total. The number of fused-ring (bicyclic) bond motifs is 3. The van der Waals surface area contributed by atoms with Crippen molar-refractivity contribution in [3.63, 3.8) is 0 Å². The first-order chi connectivity index (χ1) is 11.8. The lowest BCUT2D eigenvalue weighted by atomic mass is 10.0. The zero-order valence-corrected chi connectivity index (χ0v) is 15.3. The van der Waals surface area contributed by atoms with Crippen molar-refractivity contribution in [2.75, 3.05) is 32.7 Å². The summed E-state index contributed by atoms with van der Waals surface area (Å²) in [5.41, 5.74) is 5.99. The molecule has 0 amide bonds. The lowest BCUT2D eigenvalue weighted by molar-refractivity contribution is -0.188. The van der Waals surface area contributed by atoms with Crippen molar-refractivity contribution in [2.45, 2.75) is 24.0 Å².